The number of benzene rings is 1. The van der Waals surface area contributed by atoms with Crippen molar-refractivity contribution < 1.29 is 31.1 Å². The van der Waals surface area contributed by atoms with Gasteiger partial charge in [0.05, 0.1) is 0 Å². The fraction of sp³-hybridized carbons (Fsp3) is 0. The predicted molar refractivity (Wildman–Crippen MR) is 64.8 cm³/mol. The van der Waals surface area contributed by atoms with Gasteiger partial charge in [-0.25, -0.2) is 0 Å². The van der Waals surface area contributed by atoms with Crippen molar-refractivity contribution >= 4 is 10.9 Å². The van der Waals surface area contributed by atoms with Gasteiger partial charge < -0.3 is 39.9 Å². The van der Waals surface area contributed by atoms with E-state index in [1.54, 1.807) is 24.3 Å². The van der Waals surface area contributed by atoms with Crippen molar-refractivity contribution in [2.75, 3.05) is 0 Å². The van der Waals surface area contributed by atoms with E-state index < -0.39 is 0 Å². The first kappa shape index (κ1) is 24.5. The van der Waals surface area contributed by atoms with Crippen molar-refractivity contribution in [2.24, 2.45) is 0 Å². The molecule has 0 N–H and O–H groups in total. The summed E-state index contributed by atoms with van der Waals surface area (Å²) < 4.78 is 0. The summed E-state index contributed by atoms with van der Waals surface area (Å²) in [4.78, 5) is 11.0. The molecule has 2 aromatic rings. The SMILES string of the molecule is O=c1[n-]nnc2ccccc12.[CH3-].[CH3-].[CH3-].[CH3-].[U]. The van der Waals surface area contributed by atoms with E-state index in [1.165, 1.54) is 0 Å². The molecule has 0 aliphatic rings. The second-order valence-corrected chi connectivity index (χ2v) is 2.11. The van der Waals surface area contributed by atoms with Crippen LogP contribution in [0.25, 0.3) is 10.9 Å². The summed E-state index contributed by atoms with van der Waals surface area (Å²) in [5, 5.41) is 10.8. The topological polar surface area (TPSA) is 57.0 Å². The maximum absolute atomic E-state index is 11.0. The first-order valence-electron chi connectivity index (χ1n) is 3.13. The molecule has 90 valence electrons. The zero-order valence-corrected chi connectivity index (χ0v) is 14.2. The van der Waals surface area contributed by atoms with Gasteiger partial charge in [-0.1, -0.05) is 24.3 Å². The molecule has 0 aliphatic carbocycles. The molecule has 0 saturated carbocycles. The van der Waals surface area contributed by atoms with Gasteiger partial charge >= 0.3 is 0 Å². The summed E-state index contributed by atoms with van der Waals surface area (Å²) in [5.41, 5.74) is 0.267. The summed E-state index contributed by atoms with van der Waals surface area (Å²) >= 11 is 0. The third-order valence-corrected chi connectivity index (χ3v) is 1.42. The van der Waals surface area contributed by atoms with Crippen molar-refractivity contribution in [3.05, 3.63) is 64.3 Å². The largest absolute Gasteiger partial charge is 0.358 e. The fourth-order valence-corrected chi connectivity index (χ4v) is 0.907. The van der Waals surface area contributed by atoms with Crippen LogP contribution in [0.1, 0.15) is 0 Å². The van der Waals surface area contributed by atoms with Crippen LogP contribution >= 0.6 is 0 Å². The molecule has 5 heteroatoms. The molecule has 0 aliphatic heterocycles. The van der Waals surface area contributed by atoms with Crippen LogP contribution in [-0.2, 0) is 0 Å². The maximum atomic E-state index is 11.0. The van der Waals surface area contributed by atoms with Crippen molar-refractivity contribution in [1.82, 2.24) is 15.4 Å². The molecule has 0 bridgehead atoms. The number of nitrogens with zero attached hydrogens (tertiary/aromatic N) is 3. The van der Waals surface area contributed by atoms with Gasteiger partial charge in [-0.2, -0.15) is 0 Å². The Labute approximate surface area is 121 Å². The Morgan fingerprint density at radius 3 is 2.12 bits per heavy atom. The summed E-state index contributed by atoms with van der Waals surface area (Å²) in [5.74, 6) is 0. The monoisotopic (exact) mass is 444 g/mol. The zero-order valence-electron chi connectivity index (χ0n) is 10.1. The number of hydrogen-bond acceptors (Lipinski definition) is 3. The van der Waals surface area contributed by atoms with E-state index in [0.29, 0.717) is 10.9 Å². The molecule has 0 amide bonds. The molecule has 2 rings (SSSR count). The Balaban J connectivity index is -0.000000144. The Morgan fingerprint density at radius 1 is 1.00 bits per heavy atom. The molecule has 1 heterocycles. The molecule has 0 spiro atoms. The minimum absolute atomic E-state index is 0. The molecule has 0 unspecified atom stereocenters. The molecule has 0 saturated heterocycles. The van der Waals surface area contributed by atoms with Crippen LogP contribution < -0.4 is 10.7 Å². The van der Waals surface area contributed by atoms with Crippen LogP contribution in [0.2, 0.25) is 0 Å². The predicted octanol–water partition coefficient (Wildman–Crippen LogP) is 1.75. The standard InChI is InChI=1S/C7H5N3O.4CH3.U/c11-7-5-3-1-2-4-6(5)8-10-9-7;;;;;/h1-4H,(H,8,9,11);4*1H3;/q;4*-1;/p-1. The van der Waals surface area contributed by atoms with E-state index in [0.717, 1.165) is 0 Å². The Bertz CT molecular complexity index is 437. The van der Waals surface area contributed by atoms with E-state index in [4.69, 9.17) is 0 Å². The first-order valence-corrected chi connectivity index (χ1v) is 3.13. The molecule has 4 nitrogen and oxygen atoms in total. The number of rotatable bonds is 0. The summed E-state index contributed by atoms with van der Waals surface area (Å²) in [7, 11) is 0. The normalized spacial score (nSPS) is 7.00. The Kier molecular flexibility index (Phi) is 16.6. The smallest absolute Gasteiger partial charge is 0.192 e. The van der Waals surface area contributed by atoms with Crippen molar-refractivity contribution in [3.8, 4) is 0 Å². The second-order valence-electron chi connectivity index (χ2n) is 2.11. The molecule has 1 aromatic heterocycles. The molecule has 0 fully saturated rings. The van der Waals surface area contributed by atoms with Gasteiger partial charge in [0, 0.05) is 36.5 Å². The van der Waals surface area contributed by atoms with Crippen LogP contribution in [0, 0.1) is 60.8 Å². The Hall–Kier alpha value is -0.658. The van der Waals surface area contributed by atoms with Gasteiger partial charge in [0.2, 0.25) is 0 Å². The zero-order chi connectivity index (χ0) is 7.68. The Morgan fingerprint density at radius 2 is 1.56 bits per heavy atom. The third kappa shape index (κ3) is 4.91. The van der Waals surface area contributed by atoms with E-state index in [-0.39, 0.29) is 66.4 Å². The van der Waals surface area contributed by atoms with Gasteiger partial charge in [0.25, 0.3) is 0 Å². The minimum Gasteiger partial charge on any atom is -0.358 e. The average Bonchev–Trinajstić information content (AvgIpc) is 2.06. The maximum Gasteiger partial charge on any atom is 0.192 e. The summed E-state index contributed by atoms with van der Waals surface area (Å²) in [6.07, 6.45) is 0. The van der Waals surface area contributed by atoms with Crippen molar-refractivity contribution in [2.45, 2.75) is 0 Å². The quantitative estimate of drug-likeness (QED) is 0.582. The van der Waals surface area contributed by atoms with Crippen LogP contribution in [0.5, 0.6) is 0 Å². The molecule has 1 aromatic carbocycles. The van der Waals surface area contributed by atoms with E-state index in [9.17, 15) is 4.79 Å². The first-order chi connectivity index (χ1) is 5.38. The number of fused-ring (bicyclic) bond motifs is 1. The van der Waals surface area contributed by atoms with Crippen LogP contribution in [0.3, 0.4) is 0 Å². The summed E-state index contributed by atoms with van der Waals surface area (Å²) in [6.45, 7) is 0. The second kappa shape index (κ2) is 10.8. The van der Waals surface area contributed by atoms with Gasteiger partial charge in [0.15, 0.2) is 5.56 Å². The molecule has 0 atom stereocenters. The molecule has 16 heavy (non-hydrogen) atoms. The number of aromatic nitrogens is 3. The molecular formula is C11H16N3OU-5. The van der Waals surface area contributed by atoms with Gasteiger partial charge in [-0.05, 0) is 5.52 Å². The third-order valence-electron chi connectivity index (χ3n) is 1.42. The average molecular weight is 444 g/mol. The molecule has 0 radical (unpaired) electrons. The number of hydrogen-bond donors (Lipinski definition) is 0. The fourth-order valence-electron chi connectivity index (χ4n) is 0.907. The minimum atomic E-state index is -0.324. The summed E-state index contributed by atoms with van der Waals surface area (Å²) in [6, 6.07) is 6.98. The van der Waals surface area contributed by atoms with Crippen LogP contribution in [0.4, 0.5) is 0 Å². The van der Waals surface area contributed by atoms with Gasteiger partial charge in [-0.3, -0.25) is 10.0 Å². The van der Waals surface area contributed by atoms with E-state index >= 15 is 0 Å². The van der Waals surface area contributed by atoms with Crippen molar-refractivity contribution in [1.29, 1.82) is 0 Å². The molecular weight excluding hydrogens is 428 g/mol. The van der Waals surface area contributed by atoms with Gasteiger partial charge in [0.1, 0.15) is 0 Å². The van der Waals surface area contributed by atoms with Gasteiger partial charge in [-0.15, -0.1) is 0 Å². The van der Waals surface area contributed by atoms with Crippen LogP contribution in [-0.4, -0.2) is 10.3 Å². The van der Waals surface area contributed by atoms with Crippen molar-refractivity contribution in [3.63, 3.8) is 0 Å². The van der Waals surface area contributed by atoms with E-state index in [2.05, 4.69) is 15.4 Å². The van der Waals surface area contributed by atoms with E-state index in [1.807, 2.05) is 0 Å². The van der Waals surface area contributed by atoms with Crippen LogP contribution in [0.15, 0.2) is 29.1 Å².